The number of para-hydroxylation sites is 1. The molecule has 0 unspecified atom stereocenters. The van der Waals surface area contributed by atoms with Crippen LogP contribution in [0.4, 0.5) is 17.1 Å². The monoisotopic (exact) mass is 912 g/mol. The Morgan fingerprint density at radius 1 is 0.250 bits per heavy atom. The average molecular weight is 913 g/mol. The molecule has 1 aromatic heterocycles. The van der Waals surface area contributed by atoms with E-state index in [9.17, 15) is 0 Å². The van der Waals surface area contributed by atoms with Crippen LogP contribution in [0.1, 0.15) is 22.3 Å². The highest BCUT2D eigenvalue weighted by atomic mass is 15.1. The van der Waals surface area contributed by atoms with Gasteiger partial charge in [-0.05, 0) is 155 Å². The van der Waals surface area contributed by atoms with Crippen LogP contribution >= 0.6 is 0 Å². The molecule has 0 fully saturated rings. The summed E-state index contributed by atoms with van der Waals surface area (Å²) < 4.78 is 2.40. The maximum Gasteiger partial charge on any atom is 0.0546 e. The average Bonchev–Trinajstić information content (AvgIpc) is 4.08. The molecule has 2 aliphatic rings. The van der Waals surface area contributed by atoms with Gasteiger partial charge in [-0.3, -0.25) is 0 Å². The molecule has 2 nitrogen and oxygen atoms in total. The van der Waals surface area contributed by atoms with Crippen molar-refractivity contribution in [1.29, 1.82) is 0 Å². The highest BCUT2D eigenvalue weighted by Crippen LogP contribution is 2.55. The van der Waals surface area contributed by atoms with Gasteiger partial charge in [-0.1, -0.05) is 206 Å². The largest absolute Gasteiger partial charge is 0.310 e. The normalized spacial score (nSPS) is 12.4. The van der Waals surface area contributed by atoms with Gasteiger partial charge < -0.3 is 9.47 Å². The Kier molecular flexibility index (Phi) is 8.99. The first-order chi connectivity index (χ1) is 35.7. The number of hydrogen-bond donors (Lipinski definition) is 0. The van der Waals surface area contributed by atoms with Crippen LogP contribution in [0.2, 0.25) is 0 Å². The van der Waals surface area contributed by atoms with Gasteiger partial charge in [-0.25, -0.2) is 0 Å². The second-order valence-corrected chi connectivity index (χ2v) is 19.2. The minimum Gasteiger partial charge on any atom is -0.310 e. The number of hydrogen-bond acceptors (Lipinski definition) is 1. The molecule has 0 bridgehead atoms. The van der Waals surface area contributed by atoms with Gasteiger partial charge >= 0.3 is 0 Å². The van der Waals surface area contributed by atoms with E-state index in [1.54, 1.807) is 0 Å². The number of nitrogens with zero attached hydrogens (tertiary/aromatic N) is 2. The summed E-state index contributed by atoms with van der Waals surface area (Å²) in [4.78, 5) is 2.49. The van der Waals surface area contributed by atoms with Gasteiger partial charge in [0.1, 0.15) is 0 Å². The maximum absolute atomic E-state index is 2.49. The van der Waals surface area contributed by atoms with Crippen molar-refractivity contribution in [2.45, 2.75) is 0 Å². The fourth-order valence-corrected chi connectivity index (χ4v) is 12.1. The first-order valence-electron chi connectivity index (χ1n) is 24.9. The first kappa shape index (κ1) is 40.4. The zero-order valence-corrected chi connectivity index (χ0v) is 39.3. The van der Waals surface area contributed by atoms with Crippen LogP contribution in [-0.4, -0.2) is 4.57 Å². The molecule has 15 rings (SSSR count). The minimum absolute atomic E-state index is 1.09. The summed E-state index contributed by atoms with van der Waals surface area (Å²) in [6.07, 6.45) is 0. The zero-order valence-electron chi connectivity index (χ0n) is 39.3. The first-order valence-corrected chi connectivity index (χ1v) is 24.9. The molecular formula is C70H44N2. The van der Waals surface area contributed by atoms with E-state index in [1.807, 2.05) is 0 Å². The van der Waals surface area contributed by atoms with Gasteiger partial charge in [0.25, 0.3) is 0 Å². The van der Waals surface area contributed by atoms with Gasteiger partial charge in [0.15, 0.2) is 0 Å². The lowest BCUT2D eigenvalue weighted by atomic mass is 9.91. The topological polar surface area (TPSA) is 8.17 Å². The summed E-state index contributed by atoms with van der Waals surface area (Å²) in [5, 5.41) is 7.39. The molecule has 2 aliphatic carbocycles. The Bertz CT molecular complexity index is 4320. The van der Waals surface area contributed by atoms with Crippen molar-refractivity contribution in [3.63, 3.8) is 0 Å². The molecule has 0 amide bonds. The van der Waals surface area contributed by atoms with Crippen molar-refractivity contribution >= 4 is 71.6 Å². The molecule has 0 saturated carbocycles. The smallest absolute Gasteiger partial charge is 0.0546 e. The van der Waals surface area contributed by atoms with E-state index in [2.05, 4.69) is 276 Å². The van der Waals surface area contributed by atoms with E-state index in [1.165, 1.54) is 121 Å². The molecule has 12 aromatic carbocycles. The van der Waals surface area contributed by atoms with Gasteiger partial charge in [-0.15, -0.1) is 0 Å². The molecule has 0 atom stereocenters. The molecule has 334 valence electrons. The Labute approximate surface area is 418 Å². The predicted molar refractivity (Wildman–Crippen MR) is 304 cm³/mol. The molecule has 0 saturated heterocycles. The van der Waals surface area contributed by atoms with Crippen LogP contribution < -0.4 is 4.90 Å². The molecule has 0 N–H and O–H groups in total. The van der Waals surface area contributed by atoms with Gasteiger partial charge in [-0.2, -0.15) is 0 Å². The third-order valence-electron chi connectivity index (χ3n) is 15.3. The zero-order chi connectivity index (χ0) is 47.3. The van der Waals surface area contributed by atoms with Crippen molar-refractivity contribution in [1.82, 2.24) is 4.57 Å². The van der Waals surface area contributed by atoms with Crippen LogP contribution in [0.3, 0.4) is 0 Å². The van der Waals surface area contributed by atoms with E-state index in [0.29, 0.717) is 0 Å². The summed E-state index contributed by atoms with van der Waals surface area (Å²) in [6.45, 7) is 0. The van der Waals surface area contributed by atoms with Gasteiger partial charge in [0.05, 0.1) is 16.7 Å². The SMILES string of the molecule is c1ccc(-c2ccc(-n3c4ccccc4c4cc(-c5ccc(N(c6ccc7c(c6)C(=C6c8ccccc8-c8ccccc86)c6ccccc6-7)c6cc7ccccc7c7ccccc67)cc5)ccc43)cc2)cc1. The van der Waals surface area contributed by atoms with Crippen molar-refractivity contribution in [3.8, 4) is 50.2 Å². The lowest BCUT2D eigenvalue weighted by Gasteiger charge is -2.28. The van der Waals surface area contributed by atoms with E-state index in [0.717, 1.165) is 22.7 Å². The van der Waals surface area contributed by atoms with E-state index >= 15 is 0 Å². The fourth-order valence-electron chi connectivity index (χ4n) is 12.1. The van der Waals surface area contributed by atoms with Crippen molar-refractivity contribution < 1.29 is 0 Å². The number of benzene rings is 12. The molecule has 0 spiro atoms. The second kappa shape index (κ2) is 16.0. The molecular weight excluding hydrogens is 869 g/mol. The highest BCUT2D eigenvalue weighted by Gasteiger charge is 2.33. The second-order valence-electron chi connectivity index (χ2n) is 19.2. The Hall–Kier alpha value is -9.50. The summed E-state index contributed by atoms with van der Waals surface area (Å²) in [6, 6.07) is 98.6. The van der Waals surface area contributed by atoms with E-state index in [-0.39, 0.29) is 0 Å². The molecule has 13 aromatic rings. The summed E-state index contributed by atoms with van der Waals surface area (Å²) in [5.41, 5.74) is 24.5. The molecule has 0 aliphatic heterocycles. The van der Waals surface area contributed by atoms with Crippen LogP contribution in [0.15, 0.2) is 267 Å². The summed E-state index contributed by atoms with van der Waals surface area (Å²) >= 11 is 0. The van der Waals surface area contributed by atoms with Crippen molar-refractivity contribution in [2.75, 3.05) is 4.90 Å². The lowest BCUT2D eigenvalue weighted by Crippen LogP contribution is -2.11. The van der Waals surface area contributed by atoms with Crippen LogP contribution in [0, 0.1) is 0 Å². The van der Waals surface area contributed by atoms with Crippen molar-refractivity contribution in [3.05, 3.63) is 289 Å². The molecule has 2 heteroatoms. The minimum atomic E-state index is 1.09. The third kappa shape index (κ3) is 6.16. The fraction of sp³-hybridized carbons (Fsp3) is 0. The number of rotatable bonds is 6. The summed E-state index contributed by atoms with van der Waals surface area (Å²) in [7, 11) is 0. The quantitative estimate of drug-likeness (QED) is 0.151. The predicted octanol–water partition coefficient (Wildman–Crippen LogP) is 18.9. The Morgan fingerprint density at radius 3 is 1.42 bits per heavy atom. The van der Waals surface area contributed by atoms with Gasteiger partial charge in [0, 0.05) is 33.2 Å². The van der Waals surface area contributed by atoms with E-state index in [4.69, 9.17) is 0 Å². The standard InChI is InChI=1S/C70H44N2/c1-2-16-45(17-3-1)46-30-37-51(38-31-46)72-66-29-15-14-25-60(66)64-42-48(34-41-67(64)72)47-32-35-50(36-33-47)71(68-43-49-18-4-5-19-53(49)54-20-6-10-24-59(54)68)52-39-40-58-57-23-9-13-28-63(57)70(65(58)44-52)69-61-26-11-7-21-55(61)56-22-8-12-27-62(56)69/h1-44H. The Morgan fingerprint density at radius 2 is 0.722 bits per heavy atom. The summed E-state index contributed by atoms with van der Waals surface area (Å²) in [5.74, 6) is 0. The van der Waals surface area contributed by atoms with Crippen molar-refractivity contribution in [2.24, 2.45) is 0 Å². The van der Waals surface area contributed by atoms with E-state index < -0.39 is 0 Å². The number of fused-ring (bicyclic) bond motifs is 12. The Balaban J connectivity index is 0.893. The number of anilines is 3. The third-order valence-corrected chi connectivity index (χ3v) is 15.3. The van der Waals surface area contributed by atoms with Gasteiger partial charge in [0.2, 0.25) is 0 Å². The number of aromatic nitrogens is 1. The van der Waals surface area contributed by atoms with Crippen LogP contribution in [0.5, 0.6) is 0 Å². The van der Waals surface area contributed by atoms with Crippen LogP contribution in [0.25, 0.3) is 105 Å². The molecule has 1 heterocycles. The molecule has 0 radical (unpaired) electrons. The lowest BCUT2D eigenvalue weighted by molar-refractivity contribution is 1.18. The highest BCUT2D eigenvalue weighted by molar-refractivity contribution is 6.20. The maximum atomic E-state index is 2.49. The molecule has 72 heavy (non-hydrogen) atoms. The van der Waals surface area contributed by atoms with Crippen LogP contribution in [-0.2, 0) is 0 Å².